The average molecular weight is 123 g/mol. The van der Waals surface area contributed by atoms with E-state index in [9.17, 15) is 9.18 Å². The molecule has 48 valence electrons. The summed E-state index contributed by atoms with van der Waals surface area (Å²) in [6.45, 7) is -1.20. The highest BCUT2D eigenvalue weighted by atomic mass is 19.1. The number of hydrogen-bond acceptors (Lipinski definition) is 2. The van der Waals surface area contributed by atoms with Gasteiger partial charge in [0.25, 0.3) is 0 Å². The van der Waals surface area contributed by atoms with E-state index in [2.05, 4.69) is 0 Å². The Bertz CT molecular complexity index is 103. The first-order chi connectivity index (χ1) is 3.18. The van der Waals surface area contributed by atoms with Crippen LogP contribution in [0, 0.1) is 5.41 Å². The number of nitrogens with one attached hydrogen (secondary N) is 1. The third-order valence-corrected chi connectivity index (χ3v) is 0.392. The molecule has 5 heteroatoms. The fourth-order valence-electron chi connectivity index (χ4n) is 0.0572. The van der Waals surface area contributed by atoms with Gasteiger partial charge in [-0.25, -0.2) is 9.18 Å². The number of halogens is 1. The molecule has 0 bridgehead atoms. The zero-order chi connectivity index (χ0) is 5.86. The van der Waals surface area contributed by atoms with E-state index < -0.39 is 18.4 Å². The lowest BCUT2D eigenvalue weighted by molar-refractivity contribution is -0.129. The number of carbonyl (C=O) groups is 1. The van der Waals surface area contributed by atoms with Crippen molar-refractivity contribution >= 4 is 11.7 Å². The van der Waals surface area contributed by atoms with Crippen molar-refractivity contribution in [3.8, 4) is 0 Å². The molecule has 0 heterocycles. The Hall–Kier alpha value is -0.970. The van der Waals surface area contributed by atoms with Crippen molar-refractivity contribution in [1.82, 2.24) is 0 Å². The molecule has 0 rings (SSSR count). The molecule has 0 aliphatic rings. The summed E-state index contributed by atoms with van der Waals surface area (Å²) in [5.74, 6) is -1.50. The average Bonchev–Trinajstić information content (AvgIpc) is 1.65. The summed E-state index contributed by atoms with van der Waals surface area (Å²) in [5.41, 5.74) is -0.903. The predicted molar refractivity (Wildman–Crippen MR) is 25.0 cm³/mol. The highest BCUT2D eigenvalue weighted by Crippen LogP contribution is 1.72. The van der Waals surface area contributed by atoms with Crippen LogP contribution < -0.4 is 0 Å². The third kappa shape index (κ3) is 3.23. The van der Waals surface area contributed by atoms with Gasteiger partial charge in [0.1, 0.15) is 12.4 Å². The van der Waals surface area contributed by atoms with Gasteiger partial charge in [-0.15, -0.1) is 0 Å². The van der Waals surface area contributed by atoms with Gasteiger partial charge in [-0.05, 0) is 0 Å². The van der Waals surface area contributed by atoms with Crippen molar-refractivity contribution < 1.29 is 19.8 Å². The number of alkyl halides is 1. The van der Waals surface area contributed by atoms with Crippen LogP contribution in [-0.4, -0.2) is 28.9 Å². The molecule has 8 heavy (non-hydrogen) atoms. The number of carboxylic acids is 1. The van der Waals surface area contributed by atoms with Crippen LogP contribution in [0.25, 0.3) is 0 Å². The third-order valence-electron chi connectivity index (χ3n) is 0.392. The molecule has 0 aromatic heterocycles. The Morgan fingerprint density at radius 1 is 1.75 bits per heavy atom. The molecular weight excluding hydrogens is 117 g/mol. The maximum atomic E-state index is 11.0. The van der Waals surface area contributed by atoms with Gasteiger partial charge in [0.15, 0.2) is 0 Å². The molecule has 0 atom stereocenters. The molecule has 0 saturated carbocycles. The van der Waals surface area contributed by atoms with E-state index in [4.69, 9.17) is 10.5 Å². The van der Waals surface area contributed by atoms with Gasteiger partial charge in [-0.3, -0.25) is 5.41 Å². The Labute approximate surface area is 44.8 Å². The first-order valence-corrected chi connectivity index (χ1v) is 1.55. The Morgan fingerprint density at radius 3 is 2.12 bits per heavy atom. The van der Waals surface area contributed by atoms with E-state index >= 15 is 0 Å². The van der Waals surface area contributed by atoms with Crippen LogP contribution in [0.3, 0.4) is 0 Å². The van der Waals surface area contributed by atoms with Crippen molar-refractivity contribution in [2.45, 2.75) is 0 Å². The lowest BCUT2D eigenvalue weighted by atomic mass is 10.4. The van der Waals surface area contributed by atoms with Crippen LogP contribution in [0.4, 0.5) is 4.39 Å². The van der Waals surface area contributed by atoms with Gasteiger partial charge < -0.3 is 10.6 Å². The molecule has 0 spiro atoms. The summed E-state index contributed by atoms with van der Waals surface area (Å²) in [6.07, 6.45) is 0. The van der Waals surface area contributed by atoms with E-state index in [0.717, 1.165) is 0 Å². The summed E-state index contributed by atoms with van der Waals surface area (Å²) in [5, 5.41) is 13.9. The minimum Gasteiger partial charge on any atom is -0.477 e. The van der Waals surface area contributed by atoms with E-state index in [0.29, 0.717) is 0 Å². The van der Waals surface area contributed by atoms with Crippen LogP contribution in [0.5, 0.6) is 0 Å². The molecule has 0 unspecified atom stereocenters. The topological polar surface area (TPSA) is 92.7 Å². The number of carboxylic acid groups (broad SMARTS) is 1. The molecule has 0 saturated heterocycles. The quantitative estimate of drug-likeness (QED) is 0.472. The van der Waals surface area contributed by atoms with Gasteiger partial charge in [0.2, 0.25) is 0 Å². The van der Waals surface area contributed by atoms with Gasteiger partial charge in [-0.1, -0.05) is 0 Å². The second-order valence-electron chi connectivity index (χ2n) is 0.917. The first kappa shape index (κ1) is 10.1. The molecule has 0 amide bonds. The Kier molecular flexibility index (Phi) is 5.30. The van der Waals surface area contributed by atoms with Crippen molar-refractivity contribution in [3.05, 3.63) is 0 Å². The normalized spacial score (nSPS) is 7.12. The highest BCUT2D eigenvalue weighted by molar-refractivity contribution is 6.34. The molecule has 0 aliphatic heterocycles. The van der Waals surface area contributed by atoms with Crippen LogP contribution in [0.1, 0.15) is 0 Å². The van der Waals surface area contributed by atoms with Gasteiger partial charge in [-0.2, -0.15) is 0 Å². The van der Waals surface area contributed by atoms with Crippen molar-refractivity contribution in [2.24, 2.45) is 0 Å². The monoisotopic (exact) mass is 123 g/mol. The van der Waals surface area contributed by atoms with Crippen LogP contribution in [-0.2, 0) is 4.79 Å². The second-order valence-corrected chi connectivity index (χ2v) is 0.917. The van der Waals surface area contributed by atoms with Gasteiger partial charge in [0.05, 0.1) is 0 Å². The molecule has 0 aliphatic carbocycles. The lowest BCUT2D eigenvalue weighted by Gasteiger charge is -1.82. The van der Waals surface area contributed by atoms with Crippen molar-refractivity contribution in [1.29, 1.82) is 5.41 Å². The SMILES string of the molecule is N=C(CF)C(=O)O.O. The minimum atomic E-state index is -1.50. The molecule has 0 aromatic carbocycles. The van der Waals surface area contributed by atoms with Crippen LogP contribution in [0.15, 0.2) is 0 Å². The summed E-state index contributed by atoms with van der Waals surface area (Å²) in [4.78, 5) is 9.47. The maximum Gasteiger partial charge on any atom is 0.352 e. The summed E-state index contributed by atoms with van der Waals surface area (Å²) in [6, 6.07) is 0. The minimum absolute atomic E-state index is 0. The van der Waals surface area contributed by atoms with Crippen molar-refractivity contribution in [3.63, 3.8) is 0 Å². The number of aliphatic carboxylic acids is 1. The molecule has 0 fully saturated rings. The molecule has 4 N–H and O–H groups in total. The zero-order valence-electron chi connectivity index (χ0n) is 3.94. The predicted octanol–water partition coefficient (Wildman–Crippen LogP) is -0.764. The van der Waals surface area contributed by atoms with E-state index in [1.165, 1.54) is 0 Å². The summed E-state index contributed by atoms with van der Waals surface area (Å²) in [7, 11) is 0. The molecule has 4 nitrogen and oxygen atoms in total. The van der Waals surface area contributed by atoms with Gasteiger partial charge >= 0.3 is 5.97 Å². The maximum absolute atomic E-state index is 11.0. The molecule has 0 aromatic rings. The lowest BCUT2D eigenvalue weighted by Crippen LogP contribution is -2.12. The highest BCUT2D eigenvalue weighted by Gasteiger charge is 2.02. The first-order valence-electron chi connectivity index (χ1n) is 1.55. The largest absolute Gasteiger partial charge is 0.477 e. The van der Waals surface area contributed by atoms with E-state index in [-0.39, 0.29) is 5.48 Å². The summed E-state index contributed by atoms with van der Waals surface area (Å²) >= 11 is 0. The van der Waals surface area contributed by atoms with E-state index in [1.54, 1.807) is 0 Å². The van der Waals surface area contributed by atoms with Crippen molar-refractivity contribution in [2.75, 3.05) is 6.67 Å². The van der Waals surface area contributed by atoms with E-state index in [1.807, 2.05) is 0 Å². The van der Waals surface area contributed by atoms with Crippen LogP contribution in [0.2, 0.25) is 0 Å². The Balaban J connectivity index is 0. The molecular formula is C3H6FNO3. The summed E-state index contributed by atoms with van der Waals surface area (Å²) < 4.78 is 11.0. The van der Waals surface area contributed by atoms with Crippen LogP contribution >= 0.6 is 0 Å². The Morgan fingerprint density at radius 2 is 2.12 bits per heavy atom. The molecule has 0 radical (unpaired) electrons. The van der Waals surface area contributed by atoms with Gasteiger partial charge in [0, 0.05) is 0 Å². The number of hydrogen-bond donors (Lipinski definition) is 2. The zero-order valence-corrected chi connectivity index (χ0v) is 3.94. The fourth-order valence-corrected chi connectivity index (χ4v) is 0.0572. The fraction of sp³-hybridized carbons (Fsp3) is 0.333. The number of rotatable bonds is 2. The smallest absolute Gasteiger partial charge is 0.352 e. The standard InChI is InChI=1S/C3H4FNO2.H2O/c4-1-2(5)3(6)7;/h5H,1H2,(H,6,7);1H2. The second kappa shape index (κ2) is 4.20.